The van der Waals surface area contributed by atoms with Crippen LogP contribution in [0.2, 0.25) is 0 Å². The van der Waals surface area contributed by atoms with Crippen molar-refractivity contribution in [3.8, 4) is 11.5 Å². The number of hydrogen-bond donors (Lipinski definition) is 2. The van der Waals surface area contributed by atoms with Gasteiger partial charge in [-0.3, -0.25) is 0 Å². The van der Waals surface area contributed by atoms with Gasteiger partial charge >= 0.3 is 0 Å². The van der Waals surface area contributed by atoms with Crippen molar-refractivity contribution >= 4 is 0 Å². The van der Waals surface area contributed by atoms with Crippen molar-refractivity contribution in [3.05, 3.63) is 60.2 Å². The highest BCUT2D eigenvalue weighted by Gasteiger charge is 2.35. The van der Waals surface area contributed by atoms with Crippen molar-refractivity contribution in [2.75, 3.05) is 13.2 Å². The molecule has 25 heavy (non-hydrogen) atoms. The predicted octanol–water partition coefficient (Wildman–Crippen LogP) is 3.49. The minimum Gasteiger partial charge on any atom is -0.490 e. The van der Waals surface area contributed by atoms with Crippen molar-refractivity contribution < 1.29 is 14.6 Å². The summed E-state index contributed by atoms with van der Waals surface area (Å²) in [5.41, 5.74) is 7.03. The van der Waals surface area contributed by atoms with Crippen LogP contribution in [-0.4, -0.2) is 30.0 Å². The molecule has 0 aliphatic heterocycles. The Kier molecular flexibility index (Phi) is 5.61. The van der Waals surface area contributed by atoms with E-state index in [0.717, 1.165) is 30.8 Å². The first-order valence-corrected chi connectivity index (χ1v) is 8.92. The molecular formula is C21H27NO3. The van der Waals surface area contributed by atoms with Gasteiger partial charge in [-0.25, -0.2) is 0 Å². The molecule has 0 amide bonds. The number of benzene rings is 2. The Morgan fingerprint density at radius 2 is 1.84 bits per heavy atom. The van der Waals surface area contributed by atoms with E-state index in [1.54, 1.807) is 0 Å². The highest BCUT2D eigenvalue weighted by Crippen LogP contribution is 2.39. The average Bonchev–Trinajstić information content (AvgIpc) is 3.04. The zero-order valence-electron chi connectivity index (χ0n) is 14.7. The molecule has 2 aromatic carbocycles. The second-order valence-corrected chi connectivity index (χ2v) is 7.08. The maximum Gasteiger partial charge on any atom is 0.130 e. The molecule has 0 heterocycles. The third kappa shape index (κ3) is 4.74. The molecule has 0 unspecified atom stereocenters. The van der Waals surface area contributed by atoms with E-state index in [0.29, 0.717) is 12.5 Å². The summed E-state index contributed by atoms with van der Waals surface area (Å²) in [7, 11) is 0. The van der Waals surface area contributed by atoms with E-state index in [2.05, 4.69) is 12.1 Å². The molecule has 1 saturated carbocycles. The Labute approximate surface area is 149 Å². The number of nitrogens with two attached hydrogens (primary N) is 1. The SMILES string of the molecule is C[C@@H](COc1ccccc1)Oc1ccc([C@@H]2CC[C@@](N)(CO)C2)cc1. The van der Waals surface area contributed by atoms with Gasteiger partial charge in [-0.1, -0.05) is 30.3 Å². The number of ether oxygens (including phenoxy) is 2. The van der Waals surface area contributed by atoms with Crippen molar-refractivity contribution in [1.29, 1.82) is 0 Å². The topological polar surface area (TPSA) is 64.7 Å². The zero-order chi connectivity index (χ0) is 17.7. The molecule has 4 heteroatoms. The zero-order valence-corrected chi connectivity index (χ0v) is 14.7. The molecule has 0 spiro atoms. The van der Waals surface area contributed by atoms with E-state index in [1.807, 2.05) is 49.4 Å². The number of aliphatic hydroxyl groups is 1. The maximum atomic E-state index is 9.41. The second kappa shape index (κ2) is 7.89. The lowest BCUT2D eigenvalue weighted by Crippen LogP contribution is -2.40. The fourth-order valence-corrected chi connectivity index (χ4v) is 3.40. The van der Waals surface area contributed by atoms with Crippen LogP contribution in [0.4, 0.5) is 0 Å². The van der Waals surface area contributed by atoms with E-state index in [-0.39, 0.29) is 12.7 Å². The van der Waals surface area contributed by atoms with Crippen LogP contribution in [0, 0.1) is 0 Å². The number of para-hydroxylation sites is 1. The summed E-state index contributed by atoms with van der Waals surface area (Å²) in [4.78, 5) is 0. The van der Waals surface area contributed by atoms with Crippen molar-refractivity contribution in [1.82, 2.24) is 0 Å². The molecule has 1 aliphatic rings. The van der Waals surface area contributed by atoms with Gasteiger partial charge in [0.15, 0.2) is 0 Å². The van der Waals surface area contributed by atoms with E-state index in [1.165, 1.54) is 5.56 Å². The van der Waals surface area contributed by atoms with Crippen molar-refractivity contribution in [3.63, 3.8) is 0 Å². The lowest BCUT2D eigenvalue weighted by atomic mass is 9.94. The Morgan fingerprint density at radius 3 is 2.48 bits per heavy atom. The third-order valence-corrected chi connectivity index (χ3v) is 4.88. The van der Waals surface area contributed by atoms with Gasteiger partial charge in [0, 0.05) is 5.54 Å². The van der Waals surface area contributed by atoms with E-state index in [4.69, 9.17) is 15.2 Å². The Balaban J connectivity index is 1.50. The van der Waals surface area contributed by atoms with Crippen LogP contribution >= 0.6 is 0 Å². The molecule has 0 saturated heterocycles. The summed E-state index contributed by atoms with van der Waals surface area (Å²) in [5, 5.41) is 9.41. The van der Waals surface area contributed by atoms with Crippen LogP contribution in [0.5, 0.6) is 11.5 Å². The van der Waals surface area contributed by atoms with E-state index in [9.17, 15) is 5.11 Å². The number of hydrogen-bond acceptors (Lipinski definition) is 4. The summed E-state index contributed by atoms with van der Waals surface area (Å²) in [6.45, 7) is 2.56. The fourth-order valence-electron chi connectivity index (χ4n) is 3.40. The van der Waals surface area contributed by atoms with Gasteiger partial charge in [-0.05, 0) is 61.9 Å². The van der Waals surface area contributed by atoms with Crippen molar-refractivity contribution in [2.45, 2.75) is 43.7 Å². The third-order valence-electron chi connectivity index (χ3n) is 4.88. The van der Waals surface area contributed by atoms with Gasteiger partial charge in [0.05, 0.1) is 6.61 Å². The minimum atomic E-state index is -0.414. The van der Waals surface area contributed by atoms with E-state index >= 15 is 0 Å². The molecule has 3 N–H and O–H groups in total. The maximum absolute atomic E-state index is 9.41. The summed E-state index contributed by atoms with van der Waals surface area (Å²) in [6, 6.07) is 18.0. The summed E-state index contributed by atoms with van der Waals surface area (Å²) in [6.07, 6.45) is 2.70. The van der Waals surface area contributed by atoms with Gasteiger partial charge in [-0.15, -0.1) is 0 Å². The van der Waals surface area contributed by atoms with Gasteiger partial charge in [0.1, 0.15) is 24.2 Å². The molecule has 0 bridgehead atoms. The van der Waals surface area contributed by atoms with Gasteiger partial charge in [0.25, 0.3) is 0 Å². The van der Waals surface area contributed by atoms with Gasteiger partial charge < -0.3 is 20.3 Å². The lowest BCUT2D eigenvalue weighted by Gasteiger charge is -2.21. The summed E-state index contributed by atoms with van der Waals surface area (Å²) < 4.78 is 11.6. The Hall–Kier alpha value is -2.04. The smallest absolute Gasteiger partial charge is 0.130 e. The number of aliphatic hydroxyl groups excluding tert-OH is 1. The fraction of sp³-hybridized carbons (Fsp3) is 0.429. The van der Waals surface area contributed by atoms with E-state index < -0.39 is 5.54 Å². The molecule has 1 aliphatic carbocycles. The lowest BCUT2D eigenvalue weighted by molar-refractivity contribution is 0.143. The van der Waals surface area contributed by atoms with Crippen LogP contribution in [0.3, 0.4) is 0 Å². The van der Waals surface area contributed by atoms with Gasteiger partial charge in [0.2, 0.25) is 0 Å². The van der Waals surface area contributed by atoms with Crippen LogP contribution in [0.15, 0.2) is 54.6 Å². The first kappa shape index (κ1) is 17.8. The average molecular weight is 341 g/mol. The summed E-state index contributed by atoms with van der Waals surface area (Å²) in [5.74, 6) is 2.11. The molecule has 0 aromatic heterocycles. The van der Waals surface area contributed by atoms with Crippen LogP contribution < -0.4 is 15.2 Å². The largest absolute Gasteiger partial charge is 0.490 e. The molecule has 1 fully saturated rings. The van der Waals surface area contributed by atoms with Crippen LogP contribution in [-0.2, 0) is 0 Å². The molecule has 3 atom stereocenters. The minimum absolute atomic E-state index is 0.0383. The van der Waals surface area contributed by atoms with Crippen molar-refractivity contribution in [2.24, 2.45) is 5.73 Å². The molecule has 3 rings (SSSR count). The molecular weight excluding hydrogens is 314 g/mol. The number of rotatable bonds is 7. The molecule has 0 radical (unpaired) electrons. The normalized spacial score (nSPS) is 24.0. The Bertz CT molecular complexity index is 659. The quantitative estimate of drug-likeness (QED) is 0.809. The second-order valence-electron chi connectivity index (χ2n) is 7.08. The standard InChI is InChI=1S/C21H27NO3/c1-16(14-24-19-5-3-2-4-6-19)25-20-9-7-17(8-10-20)18-11-12-21(22,13-18)15-23/h2-10,16,18,23H,11-15,22H2,1H3/t16-,18+,21-/m0/s1. The first-order valence-electron chi connectivity index (χ1n) is 8.92. The molecule has 134 valence electrons. The molecule has 4 nitrogen and oxygen atoms in total. The van der Waals surface area contributed by atoms with Crippen LogP contribution in [0.1, 0.15) is 37.7 Å². The highest BCUT2D eigenvalue weighted by molar-refractivity contribution is 5.31. The van der Waals surface area contributed by atoms with Crippen LogP contribution in [0.25, 0.3) is 0 Å². The predicted molar refractivity (Wildman–Crippen MR) is 99.1 cm³/mol. The summed E-state index contributed by atoms with van der Waals surface area (Å²) >= 11 is 0. The Morgan fingerprint density at radius 1 is 1.12 bits per heavy atom. The highest BCUT2D eigenvalue weighted by atomic mass is 16.5. The molecule has 2 aromatic rings. The first-order chi connectivity index (χ1) is 12.1. The monoisotopic (exact) mass is 341 g/mol. The van der Waals surface area contributed by atoms with Gasteiger partial charge in [-0.2, -0.15) is 0 Å².